The number of hydrogen-bond acceptors (Lipinski definition) is 4. The van der Waals surface area contributed by atoms with Crippen LogP contribution in [0, 0.1) is 11.8 Å². The Kier molecular flexibility index (Phi) is 4.06. The van der Waals surface area contributed by atoms with Gasteiger partial charge in [-0.25, -0.2) is 0 Å². The highest BCUT2D eigenvalue weighted by Gasteiger charge is 2.50. The minimum Gasteiger partial charge on any atom is -0.387 e. The van der Waals surface area contributed by atoms with E-state index in [1.807, 2.05) is 18.7 Å². The lowest BCUT2D eigenvalue weighted by atomic mass is 9.73. The van der Waals surface area contributed by atoms with E-state index in [1.165, 1.54) is 10.5 Å². The van der Waals surface area contributed by atoms with Crippen molar-refractivity contribution in [3.63, 3.8) is 0 Å². The topological polar surface area (TPSA) is 55.5 Å². The molecule has 2 unspecified atom stereocenters. The highest BCUT2D eigenvalue weighted by atomic mass is 32.2. The number of nitrogens with two attached hydrogens (primary N) is 1. The largest absolute Gasteiger partial charge is 0.387 e. The number of benzene rings is 1. The monoisotopic (exact) mass is 316 g/mol. The summed E-state index contributed by atoms with van der Waals surface area (Å²) in [6, 6.07) is 8.48. The second-order valence-electron chi connectivity index (χ2n) is 6.65. The molecule has 1 aromatic rings. The highest BCUT2D eigenvalue weighted by Crippen LogP contribution is 2.47. The second kappa shape index (κ2) is 5.73. The molecule has 22 heavy (non-hydrogen) atoms. The predicted octanol–water partition coefficient (Wildman–Crippen LogP) is 3.45. The zero-order valence-corrected chi connectivity index (χ0v) is 14.3. The fourth-order valence-electron chi connectivity index (χ4n) is 3.63. The number of Topliss-reactive ketones (excluding diaryl/α,β-unsaturated/α-hetero) is 1. The molecule has 2 heterocycles. The van der Waals surface area contributed by atoms with Gasteiger partial charge in [-0.15, -0.1) is 11.8 Å². The van der Waals surface area contributed by atoms with Gasteiger partial charge in [-0.2, -0.15) is 0 Å². The van der Waals surface area contributed by atoms with Crippen LogP contribution in [0.3, 0.4) is 0 Å². The number of aliphatic imine (C=N–C) groups is 1. The van der Waals surface area contributed by atoms with E-state index in [-0.39, 0.29) is 22.9 Å². The van der Waals surface area contributed by atoms with Gasteiger partial charge in [0, 0.05) is 16.1 Å². The first kappa shape index (κ1) is 15.6. The van der Waals surface area contributed by atoms with Crippen LogP contribution in [0.5, 0.6) is 0 Å². The number of carbonyl (C=O) groups is 1. The summed E-state index contributed by atoms with van der Waals surface area (Å²) >= 11 is 1.85. The molecule has 3 rings (SSSR count). The third-order valence-electron chi connectivity index (χ3n) is 5.25. The van der Waals surface area contributed by atoms with Crippen molar-refractivity contribution in [1.29, 1.82) is 0 Å². The molecule has 0 aromatic heterocycles. The molecule has 3 nitrogen and oxygen atoms in total. The van der Waals surface area contributed by atoms with Gasteiger partial charge in [0.2, 0.25) is 0 Å². The Hall–Kier alpha value is -1.29. The lowest BCUT2D eigenvalue weighted by Crippen LogP contribution is -2.54. The van der Waals surface area contributed by atoms with Gasteiger partial charge in [-0.3, -0.25) is 9.79 Å². The quantitative estimate of drug-likeness (QED) is 0.929. The average Bonchev–Trinajstić information content (AvgIpc) is 2.94. The van der Waals surface area contributed by atoms with Crippen molar-refractivity contribution in [2.75, 3.05) is 0 Å². The average molecular weight is 316 g/mol. The van der Waals surface area contributed by atoms with E-state index in [2.05, 4.69) is 38.1 Å². The first-order valence-electron chi connectivity index (χ1n) is 8.11. The molecule has 0 fully saturated rings. The van der Waals surface area contributed by atoms with Crippen molar-refractivity contribution in [3.05, 3.63) is 29.8 Å². The third kappa shape index (κ3) is 2.37. The number of rotatable bonds is 3. The molecule has 0 spiro atoms. The fraction of sp³-hybridized carbons (Fsp3) is 0.556. The van der Waals surface area contributed by atoms with E-state index < -0.39 is 5.54 Å². The van der Waals surface area contributed by atoms with E-state index in [0.29, 0.717) is 5.84 Å². The Labute approximate surface area is 136 Å². The summed E-state index contributed by atoms with van der Waals surface area (Å²) in [5.74, 6) is 0.558. The maximum atomic E-state index is 12.8. The SMILES string of the molecule is CCCC1C(=O)[C@@H](C)[C@@](C)(C2Cc3ccccc3S2)N=C1N. The van der Waals surface area contributed by atoms with Crippen LogP contribution in [0.4, 0.5) is 0 Å². The van der Waals surface area contributed by atoms with Crippen LogP contribution in [-0.2, 0) is 11.2 Å². The van der Waals surface area contributed by atoms with E-state index in [4.69, 9.17) is 10.7 Å². The van der Waals surface area contributed by atoms with Crippen LogP contribution >= 0.6 is 11.8 Å². The first-order chi connectivity index (χ1) is 10.5. The van der Waals surface area contributed by atoms with Gasteiger partial charge in [-0.1, -0.05) is 38.5 Å². The number of nitrogens with zero attached hydrogens (tertiary/aromatic N) is 1. The predicted molar refractivity (Wildman–Crippen MR) is 92.4 cm³/mol. The first-order valence-corrected chi connectivity index (χ1v) is 8.98. The number of ketones is 1. The maximum Gasteiger partial charge on any atom is 0.148 e. The molecule has 2 N–H and O–H groups in total. The van der Waals surface area contributed by atoms with Crippen LogP contribution in [0.25, 0.3) is 0 Å². The summed E-state index contributed by atoms with van der Waals surface area (Å²) in [7, 11) is 0. The summed E-state index contributed by atoms with van der Waals surface area (Å²) in [5, 5.41) is 0.282. The molecule has 4 atom stereocenters. The number of carbonyl (C=O) groups excluding carboxylic acids is 1. The van der Waals surface area contributed by atoms with Gasteiger partial charge < -0.3 is 5.73 Å². The van der Waals surface area contributed by atoms with Crippen molar-refractivity contribution in [2.45, 2.75) is 55.7 Å². The number of hydrogen-bond donors (Lipinski definition) is 1. The van der Waals surface area contributed by atoms with Crippen LogP contribution in [-0.4, -0.2) is 22.4 Å². The highest BCUT2D eigenvalue weighted by molar-refractivity contribution is 8.00. The molecular formula is C18H24N2OS. The van der Waals surface area contributed by atoms with Crippen molar-refractivity contribution in [3.8, 4) is 0 Å². The van der Waals surface area contributed by atoms with Crippen molar-refractivity contribution in [1.82, 2.24) is 0 Å². The van der Waals surface area contributed by atoms with Gasteiger partial charge in [0.05, 0.1) is 11.5 Å². The second-order valence-corrected chi connectivity index (χ2v) is 7.89. The Balaban J connectivity index is 1.92. The van der Waals surface area contributed by atoms with Gasteiger partial charge in [0.25, 0.3) is 0 Å². The zero-order valence-electron chi connectivity index (χ0n) is 13.5. The minimum absolute atomic E-state index is 0.0804. The van der Waals surface area contributed by atoms with Gasteiger partial charge in [0.1, 0.15) is 11.6 Å². The summed E-state index contributed by atoms with van der Waals surface area (Å²) in [6.07, 6.45) is 2.73. The van der Waals surface area contributed by atoms with Crippen LogP contribution < -0.4 is 5.73 Å². The van der Waals surface area contributed by atoms with Crippen molar-refractivity contribution in [2.24, 2.45) is 22.6 Å². The zero-order chi connectivity index (χ0) is 15.9. The Bertz CT molecular complexity index is 602. The molecule has 0 radical (unpaired) electrons. The van der Waals surface area contributed by atoms with E-state index in [0.717, 1.165) is 19.3 Å². The standard InChI is InChI=1S/C18H24N2OS/c1-4-7-13-16(21)11(2)18(3,20-17(13)19)15-10-12-8-5-6-9-14(12)22-15/h5-6,8-9,11,13,15H,4,7,10H2,1-3H3,(H2,19,20)/t11-,13?,15?,18+/m1/s1. The number of amidine groups is 1. The lowest BCUT2D eigenvalue weighted by molar-refractivity contribution is -0.127. The van der Waals surface area contributed by atoms with E-state index in [9.17, 15) is 4.79 Å². The van der Waals surface area contributed by atoms with Gasteiger partial charge in [0.15, 0.2) is 0 Å². The van der Waals surface area contributed by atoms with Crippen molar-refractivity contribution < 1.29 is 4.79 Å². The lowest BCUT2D eigenvalue weighted by Gasteiger charge is -2.41. The van der Waals surface area contributed by atoms with Crippen LogP contribution in [0.15, 0.2) is 34.2 Å². The molecule has 118 valence electrons. The van der Waals surface area contributed by atoms with Gasteiger partial charge in [-0.05, 0) is 31.4 Å². The molecule has 1 aromatic carbocycles. The van der Waals surface area contributed by atoms with Gasteiger partial charge >= 0.3 is 0 Å². The fourth-order valence-corrected chi connectivity index (χ4v) is 5.15. The van der Waals surface area contributed by atoms with E-state index in [1.54, 1.807) is 0 Å². The van der Waals surface area contributed by atoms with Crippen LogP contribution in [0.2, 0.25) is 0 Å². The molecule has 0 bridgehead atoms. The van der Waals surface area contributed by atoms with Crippen LogP contribution in [0.1, 0.15) is 39.2 Å². The molecule has 4 heteroatoms. The third-order valence-corrected chi connectivity index (χ3v) is 6.83. The molecule has 2 aliphatic rings. The summed E-state index contributed by atoms with van der Waals surface area (Å²) in [6.45, 7) is 6.22. The van der Waals surface area contributed by atoms with E-state index >= 15 is 0 Å². The Morgan fingerprint density at radius 3 is 2.82 bits per heavy atom. The molecular weight excluding hydrogens is 292 g/mol. The Morgan fingerprint density at radius 2 is 2.14 bits per heavy atom. The summed E-state index contributed by atoms with van der Waals surface area (Å²) in [5.41, 5.74) is 7.14. The molecule has 0 amide bonds. The normalized spacial score (nSPS) is 34.4. The number of thioether (sulfide) groups is 1. The minimum atomic E-state index is -0.408. The Morgan fingerprint density at radius 1 is 1.41 bits per heavy atom. The van der Waals surface area contributed by atoms with Crippen molar-refractivity contribution >= 4 is 23.4 Å². The molecule has 2 aliphatic heterocycles. The maximum absolute atomic E-state index is 12.8. The summed E-state index contributed by atoms with van der Waals surface area (Å²) in [4.78, 5) is 19.0. The smallest absolute Gasteiger partial charge is 0.148 e. The molecule has 0 saturated carbocycles. The number of fused-ring (bicyclic) bond motifs is 1. The molecule has 0 aliphatic carbocycles. The molecule has 0 saturated heterocycles. The summed E-state index contributed by atoms with van der Waals surface area (Å²) < 4.78 is 0.